The van der Waals surface area contributed by atoms with Crippen molar-refractivity contribution in [3.05, 3.63) is 55.6 Å². The van der Waals surface area contributed by atoms with E-state index < -0.39 is 0 Å². The first kappa shape index (κ1) is 13.1. The summed E-state index contributed by atoms with van der Waals surface area (Å²) in [5, 5.41) is 6.36. The monoisotopic (exact) mass is 329 g/mol. The number of benzene rings is 1. The summed E-state index contributed by atoms with van der Waals surface area (Å²) < 4.78 is 1.09. The van der Waals surface area contributed by atoms with Gasteiger partial charge in [-0.15, -0.1) is 11.3 Å². The summed E-state index contributed by atoms with van der Waals surface area (Å²) in [6.07, 6.45) is 0. The second-order valence-electron chi connectivity index (χ2n) is 3.85. The Morgan fingerprint density at radius 3 is 2.94 bits per heavy atom. The number of nitrogens with one attached hydrogen (secondary N) is 1. The molecule has 17 heavy (non-hydrogen) atoms. The Morgan fingerprint density at radius 1 is 1.41 bits per heavy atom. The average molecular weight is 331 g/mol. The van der Waals surface area contributed by atoms with E-state index in [9.17, 15) is 0 Å². The molecular weight excluding hydrogens is 318 g/mol. The Bertz CT molecular complexity index is 484. The summed E-state index contributed by atoms with van der Waals surface area (Å²) in [6.45, 7) is 2.98. The highest BCUT2D eigenvalue weighted by atomic mass is 79.9. The van der Waals surface area contributed by atoms with Crippen LogP contribution in [0.3, 0.4) is 0 Å². The fourth-order valence-electron chi connectivity index (χ4n) is 1.58. The van der Waals surface area contributed by atoms with Crippen molar-refractivity contribution in [2.45, 2.75) is 19.5 Å². The van der Waals surface area contributed by atoms with Crippen LogP contribution in [-0.2, 0) is 6.54 Å². The SMILES string of the molecule is C[C@H](NCc1cc(Cl)ccc1Br)c1cccs1. The standard InChI is InChI=1S/C13H13BrClNS/c1-9(13-3-2-6-17-13)16-8-10-7-11(15)4-5-12(10)14/h2-7,9,16H,8H2,1H3/t9-/m0/s1. The van der Waals surface area contributed by atoms with E-state index in [1.165, 1.54) is 10.4 Å². The van der Waals surface area contributed by atoms with Gasteiger partial charge in [-0.1, -0.05) is 33.6 Å². The van der Waals surface area contributed by atoms with E-state index in [0.717, 1.165) is 16.0 Å². The van der Waals surface area contributed by atoms with Crippen LogP contribution in [0.1, 0.15) is 23.4 Å². The zero-order valence-corrected chi connectivity index (χ0v) is 12.6. The highest BCUT2D eigenvalue weighted by Gasteiger charge is 2.07. The van der Waals surface area contributed by atoms with Crippen molar-refractivity contribution in [3.8, 4) is 0 Å². The molecule has 1 N–H and O–H groups in total. The van der Waals surface area contributed by atoms with Crippen molar-refractivity contribution in [2.75, 3.05) is 0 Å². The van der Waals surface area contributed by atoms with Crippen molar-refractivity contribution < 1.29 is 0 Å². The molecule has 90 valence electrons. The molecule has 0 bridgehead atoms. The highest BCUT2D eigenvalue weighted by molar-refractivity contribution is 9.10. The first-order valence-electron chi connectivity index (χ1n) is 5.37. The van der Waals surface area contributed by atoms with Crippen LogP contribution >= 0.6 is 38.9 Å². The summed E-state index contributed by atoms with van der Waals surface area (Å²) in [6, 6.07) is 10.4. The lowest BCUT2D eigenvalue weighted by molar-refractivity contribution is 0.582. The van der Waals surface area contributed by atoms with E-state index in [4.69, 9.17) is 11.6 Å². The molecule has 0 radical (unpaired) electrons. The molecule has 4 heteroatoms. The first-order valence-corrected chi connectivity index (χ1v) is 7.42. The maximum absolute atomic E-state index is 5.99. The molecule has 0 saturated heterocycles. The van der Waals surface area contributed by atoms with Crippen LogP contribution in [0.2, 0.25) is 5.02 Å². The molecular formula is C13H13BrClNS. The van der Waals surface area contributed by atoms with E-state index >= 15 is 0 Å². The summed E-state index contributed by atoms with van der Waals surface area (Å²) in [5.74, 6) is 0. The molecule has 0 aliphatic carbocycles. The van der Waals surface area contributed by atoms with Gasteiger partial charge in [-0.25, -0.2) is 0 Å². The normalized spacial score (nSPS) is 12.6. The smallest absolute Gasteiger partial charge is 0.0410 e. The molecule has 0 saturated carbocycles. The third kappa shape index (κ3) is 3.55. The third-order valence-corrected chi connectivity index (χ3v) is 4.64. The zero-order valence-electron chi connectivity index (χ0n) is 9.41. The van der Waals surface area contributed by atoms with Crippen LogP contribution in [0.25, 0.3) is 0 Å². The van der Waals surface area contributed by atoms with E-state index in [1.54, 1.807) is 11.3 Å². The fourth-order valence-corrected chi connectivity index (χ4v) is 2.92. The van der Waals surface area contributed by atoms with Gasteiger partial charge in [-0.2, -0.15) is 0 Å². The Balaban J connectivity index is 2.00. The maximum atomic E-state index is 5.99. The van der Waals surface area contributed by atoms with Crippen LogP contribution in [0.15, 0.2) is 40.2 Å². The van der Waals surface area contributed by atoms with Crippen molar-refractivity contribution in [2.24, 2.45) is 0 Å². The minimum absolute atomic E-state index is 0.362. The second kappa shape index (κ2) is 6.01. The predicted molar refractivity (Wildman–Crippen MR) is 78.7 cm³/mol. The largest absolute Gasteiger partial charge is 0.305 e. The van der Waals surface area contributed by atoms with Gasteiger partial charge in [0.25, 0.3) is 0 Å². The molecule has 0 aliphatic rings. The Kier molecular flexibility index (Phi) is 4.62. The van der Waals surface area contributed by atoms with Crippen molar-refractivity contribution in [3.63, 3.8) is 0 Å². The molecule has 1 atom stereocenters. The van der Waals surface area contributed by atoms with E-state index in [2.05, 4.69) is 45.7 Å². The number of rotatable bonds is 4. The van der Waals surface area contributed by atoms with Crippen molar-refractivity contribution >= 4 is 38.9 Å². The van der Waals surface area contributed by atoms with Gasteiger partial charge in [0, 0.05) is 27.0 Å². The predicted octanol–water partition coefficient (Wildman–Crippen LogP) is 5.01. The van der Waals surface area contributed by atoms with Gasteiger partial charge in [0.2, 0.25) is 0 Å². The average Bonchev–Trinajstić information content (AvgIpc) is 2.83. The molecule has 2 rings (SSSR count). The minimum atomic E-state index is 0.362. The first-order chi connectivity index (χ1) is 8.16. The van der Waals surface area contributed by atoms with Gasteiger partial charge in [-0.05, 0) is 42.1 Å². The van der Waals surface area contributed by atoms with Crippen LogP contribution < -0.4 is 5.32 Å². The summed E-state index contributed by atoms with van der Waals surface area (Å²) >= 11 is 11.3. The molecule has 0 amide bonds. The molecule has 0 unspecified atom stereocenters. The summed E-state index contributed by atoms with van der Waals surface area (Å²) in [4.78, 5) is 1.35. The topological polar surface area (TPSA) is 12.0 Å². The Labute approximate surface area is 119 Å². The quantitative estimate of drug-likeness (QED) is 0.830. The molecule has 1 aromatic heterocycles. The molecule has 0 aliphatic heterocycles. The minimum Gasteiger partial charge on any atom is -0.305 e. The highest BCUT2D eigenvalue weighted by Crippen LogP contribution is 2.23. The Hall–Kier alpha value is -0.350. The number of halogens is 2. The molecule has 2 aromatic rings. The maximum Gasteiger partial charge on any atom is 0.0410 e. The molecule has 1 aromatic carbocycles. The number of thiophene rings is 1. The molecule has 1 heterocycles. The number of hydrogen-bond acceptors (Lipinski definition) is 2. The van der Waals surface area contributed by atoms with Crippen LogP contribution in [0, 0.1) is 0 Å². The molecule has 0 fully saturated rings. The number of hydrogen-bond donors (Lipinski definition) is 1. The van der Waals surface area contributed by atoms with E-state index in [-0.39, 0.29) is 0 Å². The molecule has 0 spiro atoms. The van der Waals surface area contributed by atoms with Crippen LogP contribution in [-0.4, -0.2) is 0 Å². The summed E-state index contributed by atoms with van der Waals surface area (Å²) in [5.41, 5.74) is 1.18. The second-order valence-corrected chi connectivity index (χ2v) is 6.12. The van der Waals surface area contributed by atoms with E-state index in [0.29, 0.717) is 6.04 Å². The van der Waals surface area contributed by atoms with Gasteiger partial charge in [0.1, 0.15) is 0 Å². The fraction of sp³-hybridized carbons (Fsp3) is 0.231. The van der Waals surface area contributed by atoms with E-state index in [1.807, 2.05) is 18.2 Å². The van der Waals surface area contributed by atoms with Crippen LogP contribution in [0.4, 0.5) is 0 Å². The van der Waals surface area contributed by atoms with Gasteiger partial charge < -0.3 is 5.32 Å². The molecule has 1 nitrogen and oxygen atoms in total. The van der Waals surface area contributed by atoms with Gasteiger partial charge in [-0.3, -0.25) is 0 Å². The van der Waals surface area contributed by atoms with Gasteiger partial charge in [0.15, 0.2) is 0 Å². The van der Waals surface area contributed by atoms with Crippen molar-refractivity contribution in [1.82, 2.24) is 5.32 Å². The van der Waals surface area contributed by atoms with Gasteiger partial charge in [0.05, 0.1) is 0 Å². The summed E-state index contributed by atoms with van der Waals surface area (Å²) in [7, 11) is 0. The van der Waals surface area contributed by atoms with Crippen LogP contribution in [0.5, 0.6) is 0 Å². The van der Waals surface area contributed by atoms with Crippen molar-refractivity contribution in [1.29, 1.82) is 0 Å². The Morgan fingerprint density at radius 2 is 2.24 bits per heavy atom. The lowest BCUT2D eigenvalue weighted by atomic mass is 10.2. The zero-order chi connectivity index (χ0) is 12.3. The third-order valence-electron chi connectivity index (χ3n) is 2.58. The lowest BCUT2D eigenvalue weighted by Crippen LogP contribution is -2.17. The van der Waals surface area contributed by atoms with Gasteiger partial charge >= 0.3 is 0 Å². The lowest BCUT2D eigenvalue weighted by Gasteiger charge is -2.13.